The van der Waals surface area contributed by atoms with E-state index in [2.05, 4.69) is 0 Å². The molecular formula is C5H6ClO. The van der Waals surface area contributed by atoms with E-state index in [1.165, 1.54) is 0 Å². The van der Waals surface area contributed by atoms with E-state index >= 15 is 0 Å². The molecule has 2 heteroatoms. The first-order valence-electron chi connectivity index (χ1n) is 2.35. The smallest absolute Gasteiger partial charge is 0.221 e. The topological polar surface area (TPSA) is 17.1 Å². The third-order valence-electron chi connectivity index (χ3n) is 1.33. The Kier molecular flexibility index (Phi) is 1.08. The third kappa shape index (κ3) is 0.778. The second-order valence-electron chi connectivity index (χ2n) is 1.92. The van der Waals surface area contributed by atoms with Gasteiger partial charge in [0.2, 0.25) is 6.29 Å². The van der Waals surface area contributed by atoms with E-state index in [1.54, 1.807) is 6.29 Å². The maximum absolute atomic E-state index is 9.85. The first-order chi connectivity index (χ1) is 3.27. The SMILES string of the molecule is O=[C]C1(Cl)CCC1. The minimum atomic E-state index is -0.569. The highest BCUT2D eigenvalue weighted by Crippen LogP contribution is 2.35. The van der Waals surface area contributed by atoms with E-state index in [0.29, 0.717) is 0 Å². The molecule has 1 aliphatic carbocycles. The molecule has 0 unspecified atom stereocenters. The first-order valence-corrected chi connectivity index (χ1v) is 2.73. The zero-order chi connectivity index (χ0) is 5.33. The van der Waals surface area contributed by atoms with Crippen LogP contribution in [0.15, 0.2) is 0 Å². The van der Waals surface area contributed by atoms with Gasteiger partial charge in [-0.15, -0.1) is 11.6 Å². The van der Waals surface area contributed by atoms with Crippen LogP contribution in [0, 0.1) is 0 Å². The van der Waals surface area contributed by atoms with Crippen molar-refractivity contribution in [3.8, 4) is 0 Å². The number of rotatable bonds is 1. The van der Waals surface area contributed by atoms with Crippen LogP contribution in [0.2, 0.25) is 0 Å². The van der Waals surface area contributed by atoms with Crippen molar-refractivity contribution in [3.63, 3.8) is 0 Å². The number of carbonyl (C=O) groups excluding carboxylic acids is 1. The van der Waals surface area contributed by atoms with Gasteiger partial charge >= 0.3 is 0 Å². The lowest BCUT2D eigenvalue weighted by molar-refractivity contribution is 0.416. The minimum Gasteiger partial charge on any atom is -0.289 e. The molecule has 0 aliphatic heterocycles. The highest BCUT2D eigenvalue weighted by molar-refractivity contribution is 6.32. The van der Waals surface area contributed by atoms with Gasteiger partial charge in [-0.2, -0.15) is 0 Å². The monoisotopic (exact) mass is 117 g/mol. The number of hydrogen-bond acceptors (Lipinski definition) is 1. The molecule has 0 amide bonds. The van der Waals surface area contributed by atoms with Crippen LogP contribution in [0.25, 0.3) is 0 Å². The molecule has 1 fully saturated rings. The number of hydrogen-bond donors (Lipinski definition) is 0. The van der Waals surface area contributed by atoms with Gasteiger partial charge in [0.15, 0.2) is 0 Å². The molecule has 7 heavy (non-hydrogen) atoms. The van der Waals surface area contributed by atoms with Crippen molar-refractivity contribution < 1.29 is 4.79 Å². The van der Waals surface area contributed by atoms with Crippen LogP contribution in [0.1, 0.15) is 19.3 Å². The van der Waals surface area contributed by atoms with Gasteiger partial charge in [-0.05, 0) is 19.3 Å². The fourth-order valence-electron chi connectivity index (χ4n) is 0.589. The van der Waals surface area contributed by atoms with E-state index in [9.17, 15) is 4.79 Å². The fraction of sp³-hybridized carbons (Fsp3) is 0.800. The summed E-state index contributed by atoms with van der Waals surface area (Å²) in [5.41, 5.74) is 0. The molecule has 0 aromatic heterocycles. The highest BCUT2D eigenvalue weighted by atomic mass is 35.5. The lowest BCUT2D eigenvalue weighted by atomic mass is 9.86. The summed E-state index contributed by atoms with van der Waals surface area (Å²) < 4.78 is 0. The zero-order valence-electron chi connectivity index (χ0n) is 3.91. The van der Waals surface area contributed by atoms with E-state index in [-0.39, 0.29) is 0 Å². The lowest BCUT2D eigenvalue weighted by Gasteiger charge is -2.27. The van der Waals surface area contributed by atoms with E-state index in [0.717, 1.165) is 19.3 Å². The number of alkyl halides is 1. The van der Waals surface area contributed by atoms with Gasteiger partial charge in [0.1, 0.15) is 4.87 Å². The van der Waals surface area contributed by atoms with Crippen molar-refractivity contribution in [2.24, 2.45) is 0 Å². The molecule has 1 radical (unpaired) electrons. The van der Waals surface area contributed by atoms with Crippen molar-refractivity contribution in [1.29, 1.82) is 0 Å². The third-order valence-corrected chi connectivity index (χ3v) is 1.78. The molecule has 0 aromatic rings. The van der Waals surface area contributed by atoms with Crippen molar-refractivity contribution in [3.05, 3.63) is 0 Å². The Morgan fingerprint density at radius 2 is 2.14 bits per heavy atom. The Balaban J connectivity index is 2.43. The molecule has 1 nitrogen and oxygen atoms in total. The Morgan fingerprint density at radius 3 is 2.14 bits per heavy atom. The summed E-state index contributed by atoms with van der Waals surface area (Å²) in [5.74, 6) is 0. The number of halogens is 1. The van der Waals surface area contributed by atoms with Crippen molar-refractivity contribution in [1.82, 2.24) is 0 Å². The van der Waals surface area contributed by atoms with Crippen LogP contribution in [0.5, 0.6) is 0 Å². The van der Waals surface area contributed by atoms with Gasteiger partial charge in [0.05, 0.1) is 0 Å². The average molecular weight is 118 g/mol. The molecule has 0 N–H and O–H groups in total. The predicted molar refractivity (Wildman–Crippen MR) is 28.1 cm³/mol. The van der Waals surface area contributed by atoms with Gasteiger partial charge in [-0.3, -0.25) is 4.79 Å². The van der Waals surface area contributed by atoms with Gasteiger partial charge < -0.3 is 0 Å². The Hall–Kier alpha value is -0.0400. The molecule has 0 aromatic carbocycles. The molecule has 39 valence electrons. The first kappa shape index (κ1) is 5.10. The summed E-state index contributed by atoms with van der Waals surface area (Å²) in [4.78, 5) is 9.28. The normalized spacial score (nSPS) is 25.9. The molecular weight excluding hydrogens is 112 g/mol. The van der Waals surface area contributed by atoms with Gasteiger partial charge in [0.25, 0.3) is 0 Å². The molecule has 0 bridgehead atoms. The Morgan fingerprint density at radius 1 is 1.57 bits per heavy atom. The summed E-state index contributed by atoms with van der Waals surface area (Å²) in [6.45, 7) is 0. The summed E-state index contributed by atoms with van der Waals surface area (Å²) in [6.07, 6.45) is 4.51. The summed E-state index contributed by atoms with van der Waals surface area (Å²) in [7, 11) is 0. The molecule has 1 aliphatic rings. The largest absolute Gasteiger partial charge is 0.289 e. The van der Waals surface area contributed by atoms with Crippen LogP contribution in [-0.2, 0) is 4.79 Å². The molecule has 1 saturated carbocycles. The van der Waals surface area contributed by atoms with Crippen molar-refractivity contribution in [2.75, 3.05) is 0 Å². The molecule has 0 spiro atoms. The molecule has 1 rings (SSSR count). The zero-order valence-corrected chi connectivity index (χ0v) is 4.66. The standard InChI is InChI=1S/C5H6ClO/c6-5(4-7)2-1-3-5/h1-3H2. The minimum absolute atomic E-state index is 0.569. The maximum atomic E-state index is 9.85. The quantitative estimate of drug-likeness (QED) is 0.473. The van der Waals surface area contributed by atoms with E-state index in [4.69, 9.17) is 11.6 Å². The molecule has 0 heterocycles. The Labute approximate surface area is 47.7 Å². The fourth-order valence-corrected chi connectivity index (χ4v) is 0.857. The molecule has 0 atom stereocenters. The highest BCUT2D eigenvalue weighted by Gasteiger charge is 2.34. The van der Waals surface area contributed by atoms with Crippen molar-refractivity contribution in [2.45, 2.75) is 24.1 Å². The average Bonchev–Trinajstić information content (AvgIpc) is 1.61. The van der Waals surface area contributed by atoms with Crippen LogP contribution in [0.4, 0.5) is 0 Å². The van der Waals surface area contributed by atoms with Crippen LogP contribution < -0.4 is 0 Å². The summed E-state index contributed by atoms with van der Waals surface area (Å²) >= 11 is 5.57. The van der Waals surface area contributed by atoms with Gasteiger partial charge in [-0.25, -0.2) is 0 Å². The Bertz CT molecular complexity index is 86.1. The summed E-state index contributed by atoms with van der Waals surface area (Å²) in [5, 5.41) is 0. The van der Waals surface area contributed by atoms with Crippen LogP contribution in [-0.4, -0.2) is 11.2 Å². The van der Waals surface area contributed by atoms with Gasteiger partial charge in [-0.1, -0.05) is 0 Å². The summed E-state index contributed by atoms with van der Waals surface area (Å²) in [6, 6.07) is 0. The second kappa shape index (κ2) is 1.48. The van der Waals surface area contributed by atoms with E-state index < -0.39 is 4.87 Å². The van der Waals surface area contributed by atoms with Crippen LogP contribution >= 0.6 is 11.6 Å². The van der Waals surface area contributed by atoms with E-state index in [1.807, 2.05) is 0 Å². The second-order valence-corrected chi connectivity index (χ2v) is 2.64. The maximum Gasteiger partial charge on any atom is 0.221 e. The van der Waals surface area contributed by atoms with Gasteiger partial charge in [0, 0.05) is 0 Å². The molecule has 0 saturated heterocycles. The van der Waals surface area contributed by atoms with Crippen LogP contribution in [0.3, 0.4) is 0 Å². The predicted octanol–water partition coefficient (Wildman–Crippen LogP) is 1.26. The van der Waals surface area contributed by atoms with Crippen molar-refractivity contribution >= 4 is 17.9 Å². The lowest BCUT2D eigenvalue weighted by Crippen LogP contribution is -2.31.